The summed E-state index contributed by atoms with van der Waals surface area (Å²) in [5, 5.41) is 0. The van der Waals surface area contributed by atoms with Crippen molar-refractivity contribution in [3.63, 3.8) is 0 Å². The van der Waals surface area contributed by atoms with Crippen LogP contribution in [0.3, 0.4) is 0 Å². The number of carbonyl (C=O) groups is 1. The largest absolute Gasteiger partial charge is 0.377 e. The number of carbonyl (C=O) groups excluding carboxylic acids is 1. The average molecular weight is 261 g/mol. The third-order valence-electron chi connectivity index (χ3n) is 3.93. The number of nitrogens with zero attached hydrogens (tertiary/aromatic N) is 1. The van der Waals surface area contributed by atoms with Crippen molar-refractivity contribution in [1.29, 1.82) is 0 Å². The molecule has 1 heterocycles. The summed E-state index contributed by atoms with van der Waals surface area (Å²) in [7, 11) is 2.08. The smallest absolute Gasteiger partial charge is 0.164 e. The van der Waals surface area contributed by atoms with Crippen LogP contribution in [-0.4, -0.2) is 43.0 Å². The standard InChI is InChI=1S/C16H23NO2/c1-12-5-4-6-14(11-12)16(18)7-9-17(3)15-8-10-19-13(15)2/h4-6,11,13,15H,7-10H2,1-3H3. The Morgan fingerprint density at radius 3 is 2.89 bits per heavy atom. The van der Waals surface area contributed by atoms with E-state index in [2.05, 4.69) is 18.9 Å². The number of ether oxygens (including phenoxy) is 1. The number of benzene rings is 1. The van der Waals surface area contributed by atoms with E-state index in [1.807, 2.05) is 31.2 Å². The molecule has 1 aliphatic heterocycles. The monoisotopic (exact) mass is 261 g/mol. The van der Waals surface area contributed by atoms with Gasteiger partial charge in [0.2, 0.25) is 0 Å². The summed E-state index contributed by atoms with van der Waals surface area (Å²) in [6.45, 7) is 5.75. The molecule has 1 aromatic carbocycles. The van der Waals surface area contributed by atoms with E-state index in [4.69, 9.17) is 4.74 Å². The van der Waals surface area contributed by atoms with Crippen LogP contribution in [0.2, 0.25) is 0 Å². The predicted molar refractivity (Wildman–Crippen MR) is 76.6 cm³/mol. The van der Waals surface area contributed by atoms with Gasteiger partial charge in [-0.2, -0.15) is 0 Å². The topological polar surface area (TPSA) is 29.5 Å². The van der Waals surface area contributed by atoms with Gasteiger partial charge in [0.25, 0.3) is 0 Å². The van der Waals surface area contributed by atoms with E-state index >= 15 is 0 Å². The highest BCUT2D eigenvalue weighted by molar-refractivity contribution is 5.96. The minimum Gasteiger partial charge on any atom is -0.377 e. The lowest BCUT2D eigenvalue weighted by Crippen LogP contribution is -2.37. The van der Waals surface area contributed by atoms with E-state index in [0.29, 0.717) is 12.5 Å². The van der Waals surface area contributed by atoms with Gasteiger partial charge in [-0.05, 0) is 33.4 Å². The lowest BCUT2D eigenvalue weighted by molar-refractivity contribution is 0.0793. The Morgan fingerprint density at radius 2 is 2.26 bits per heavy atom. The number of likely N-dealkylation sites (N-methyl/N-ethyl adjacent to an activating group) is 1. The molecule has 1 aromatic rings. The Kier molecular flexibility index (Phi) is 4.72. The van der Waals surface area contributed by atoms with Crippen LogP contribution in [0.5, 0.6) is 0 Å². The Labute approximate surface area is 115 Å². The molecule has 104 valence electrons. The molecule has 0 amide bonds. The van der Waals surface area contributed by atoms with Crippen LogP contribution in [0.25, 0.3) is 0 Å². The van der Waals surface area contributed by atoms with Crippen LogP contribution in [0.1, 0.15) is 35.7 Å². The summed E-state index contributed by atoms with van der Waals surface area (Å²) in [6, 6.07) is 8.27. The Balaban J connectivity index is 1.86. The normalized spacial score (nSPS) is 22.9. The summed E-state index contributed by atoms with van der Waals surface area (Å²) >= 11 is 0. The molecule has 0 spiro atoms. The molecule has 1 aliphatic rings. The van der Waals surface area contributed by atoms with E-state index in [1.54, 1.807) is 0 Å². The highest BCUT2D eigenvalue weighted by Crippen LogP contribution is 2.18. The molecule has 19 heavy (non-hydrogen) atoms. The van der Waals surface area contributed by atoms with Gasteiger partial charge < -0.3 is 9.64 Å². The number of aryl methyl sites for hydroxylation is 1. The molecule has 3 heteroatoms. The van der Waals surface area contributed by atoms with Gasteiger partial charge in [0.1, 0.15) is 0 Å². The van der Waals surface area contributed by atoms with Gasteiger partial charge in [-0.3, -0.25) is 4.79 Å². The molecule has 0 N–H and O–H groups in total. The van der Waals surface area contributed by atoms with Crippen molar-refractivity contribution in [3.8, 4) is 0 Å². The maximum atomic E-state index is 12.1. The first-order valence-corrected chi connectivity index (χ1v) is 6.99. The number of Topliss-reactive ketones (excluding diaryl/α,β-unsaturated/α-hetero) is 1. The van der Waals surface area contributed by atoms with Crippen LogP contribution in [0.15, 0.2) is 24.3 Å². The Morgan fingerprint density at radius 1 is 1.47 bits per heavy atom. The first kappa shape index (κ1) is 14.2. The summed E-state index contributed by atoms with van der Waals surface area (Å²) in [5.41, 5.74) is 1.96. The molecule has 2 unspecified atom stereocenters. The van der Waals surface area contributed by atoms with Crippen molar-refractivity contribution in [2.24, 2.45) is 0 Å². The molecule has 0 radical (unpaired) electrons. The first-order chi connectivity index (χ1) is 9.08. The molecule has 0 aromatic heterocycles. The second-order valence-electron chi connectivity index (χ2n) is 5.46. The maximum absolute atomic E-state index is 12.1. The summed E-state index contributed by atoms with van der Waals surface area (Å²) in [5.74, 6) is 0.224. The Hall–Kier alpha value is -1.19. The van der Waals surface area contributed by atoms with Gasteiger partial charge in [-0.15, -0.1) is 0 Å². The summed E-state index contributed by atoms with van der Waals surface area (Å²) in [6.07, 6.45) is 1.92. The third-order valence-corrected chi connectivity index (χ3v) is 3.93. The van der Waals surface area contributed by atoms with Gasteiger partial charge in [0, 0.05) is 31.2 Å². The number of ketones is 1. The number of hydrogen-bond donors (Lipinski definition) is 0. The fraction of sp³-hybridized carbons (Fsp3) is 0.562. The Bertz CT molecular complexity index is 444. The van der Waals surface area contributed by atoms with E-state index in [1.165, 1.54) is 0 Å². The second kappa shape index (κ2) is 6.31. The third kappa shape index (κ3) is 3.64. The van der Waals surface area contributed by atoms with Gasteiger partial charge in [-0.25, -0.2) is 0 Å². The molecule has 0 aliphatic carbocycles. The van der Waals surface area contributed by atoms with Crippen molar-refractivity contribution in [3.05, 3.63) is 35.4 Å². The van der Waals surface area contributed by atoms with Crippen molar-refractivity contribution >= 4 is 5.78 Å². The van der Waals surface area contributed by atoms with Crippen LogP contribution < -0.4 is 0 Å². The second-order valence-corrected chi connectivity index (χ2v) is 5.46. The van der Waals surface area contributed by atoms with Crippen LogP contribution >= 0.6 is 0 Å². The fourth-order valence-corrected chi connectivity index (χ4v) is 2.71. The molecular formula is C16H23NO2. The van der Waals surface area contributed by atoms with Gasteiger partial charge in [-0.1, -0.05) is 23.8 Å². The van der Waals surface area contributed by atoms with E-state index in [9.17, 15) is 4.79 Å². The zero-order valence-electron chi connectivity index (χ0n) is 12.1. The van der Waals surface area contributed by atoms with Gasteiger partial charge in [0.05, 0.1) is 6.10 Å². The molecule has 2 rings (SSSR count). The van der Waals surface area contributed by atoms with Crippen molar-refractivity contribution in [2.45, 2.75) is 38.8 Å². The molecule has 1 saturated heterocycles. The zero-order valence-corrected chi connectivity index (χ0v) is 12.1. The molecular weight excluding hydrogens is 238 g/mol. The first-order valence-electron chi connectivity index (χ1n) is 6.99. The number of rotatable bonds is 5. The molecule has 0 saturated carbocycles. The zero-order chi connectivity index (χ0) is 13.8. The average Bonchev–Trinajstić information content (AvgIpc) is 2.82. The molecule has 2 atom stereocenters. The van der Waals surface area contributed by atoms with E-state index in [0.717, 1.165) is 30.7 Å². The minimum absolute atomic E-state index is 0.224. The summed E-state index contributed by atoms with van der Waals surface area (Å²) < 4.78 is 5.57. The van der Waals surface area contributed by atoms with Crippen LogP contribution in [-0.2, 0) is 4.74 Å². The molecule has 3 nitrogen and oxygen atoms in total. The van der Waals surface area contributed by atoms with Crippen LogP contribution in [0.4, 0.5) is 0 Å². The maximum Gasteiger partial charge on any atom is 0.164 e. The molecule has 0 bridgehead atoms. The SMILES string of the molecule is Cc1cccc(C(=O)CCN(C)C2CCOC2C)c1. The minimum atomic E-state index is 0.224. The van der Waals surface area contributed by atoms with E-state index in [-0.39, 0.29) is 11.9 Å². The van der Waals surface area contributed by atoms with Crippen molar-refractivity contribution < 1.29 is 9.53 Å². The van der Waals surface area contributed by atoms with Gasteiger partial charge >= 0.3 is 0 Å². The summed E-state index contributed by atoms with van der Waals surface area (Å²) in [4.78, 5) is 14.4. The van der Waals surface area contributed by atoms with Crippen molar-refractivity contribution in [1.82, 2.24) is 4.90 Å². The predicted octanol–water partition coefficient (Wildman–Crippen LogP) is 2.68. The fourth-order valence-electron chi connectivity index (χ4n) is 2.71. The quantitative estimate of drug-likeness (QED) is 0.763. The van der Waals surface area contributed by atoms with Crippen molar-refractivity contribution in [2.75, 3.05) is 20.2 Å². The lowest BCUT2D eigenvalue weighted by Gasteiger charge is -2.26. The van der Waals surface area contributed by atoms with E-state index < -0.39 is 0 Å². The lowest BCUT2D eigenvalue weighted by atomic mass is 10.0. The van der Waals surface area contributed by atoms with Crippen LogP contribution in [0, 0.1) is 6.92 Å². The number of hydrogen-bond acceptors (Lipinski definition) is 3. The highest BCUT2D eigenvalue weighted by atomic mass is 16.5. The molecule has 1 fully saturated rings. The highest BCUT2D eigenvalue weighted by Gasteiger charge is 2.27. The van der Waals surface area contributed by atoms with Gasteiger partial charge in [0.15, 0.2) is 5.78 Å².